The third-order valence-electron chi connectivity index (χ3n) is 3.97. The van der Waals surface area contributed by atoms with Crippen molar-refractivity contribution < 1.29 is 9.90 Å². The van der Waals surface area contributed by atoms with Gasteiger partial charge in [0.15, 0.2) is 0 Å². The molecule has 0 unspecified atom stereocenters. The van der Waals surface area contributed by atoms with Gasteiger partial charge in [-0.3, -0.25) is 4.79 Å². The zero-order valence-electron chi connectivity index (χ0n) is 11.9. The molecular formula is C18H19NO2. The molecule has 0 aromatic heterocycles. The van der Waals surface area contributed by atoms with Gasteiger partial charge in [0.2, 0.25) is 5.91 Å². The van der Waals surface area contributed by atoms with E-state index in [1.165, 1.54) is 24.0 Å². The second kappa shape index (κ2) is 6.00. The fourth-order valence-corrected chi connectivity index (χ4v) is 2.89. The first kappa shape index (κ1) is 13.7. The van der Waals surface area contributed by atoms with E-state index in [4.69, 9.17) is 0 Å². The van der Waals surface area contributed by atoms with E-state index in [1.807, 2.05) is 12.1 Å². The van der Waals surface area contributed by atoms with Crippen LogP contribution in [0.1, 0.15) is 29.5 Å². The average molecular weight is 281 g/mol. The van der Waals surface area contributed by atoms with Crippen LogP contribution in [0.3, 0.4) is 0 Å². The number of benzene rings is 2. The van der Waals surface area contributed by atoms with Crippen LogP contribution in [0.15, 0.2) is 42.5 Å². The summed E-state index contributed by atoms with van der Waals surface area (Å²) in [5, 5.41) is 12.3. The van der Waals surface area contributed by atoms with Gasteiger partial charge in [0, 0.05) is 5.69 Å². The number of aromatic hydroxyl groups is 1. The minimum Gasteiger partial charge on any atom is -0.508 e. The Labute approximate surface area is 124 Å². The molecule has 108 valence electrons. The molecule has 3 nitrogen and oxygen atoms in total. The van der Waals surface area contributed by atoms with Crippen molar-refractivity contribution in [1.29, 1.82) is 0 Å². The molecule has 3 heteroatoms. The number of carbonyl (C=O) groups is 1. The Morgan fingerprint density at radius 2 is 1.81 bits per heavy atom. The van der Waals surface area contributed by atoms with Crippen molar-refractivity contribution in [3.8, 4) is 5.75 Å². The second-order valence-corrected chi connectivity index (χ2v) is 5.54. The Hall–Kier alpha value is -2.29. The number of phenols is 1. The highest BCUT2D eigenvalue weighted by molar-refractivity contribution is 5.93. The number of nitrogens with one attached hydrogen (secondary N) is 1. The highest BCUT2D eigenvalue weighted by Gasteiger charge is 2.14. The van der Waals surface area contributed by atoms with Crippen LogP contribution in [-0.4, -0.2) is 11.0 Å². The lowest BCUT2D eigenvalue weighted by Crippen LogP contribution is -2.17. The molecule has 21 heavy (non-hydrogen) atoms. The first-order valence-electron chi connectivity index (χ1n) is 7.41. The molecule has 0 bridgehead atoms. The molecule has 0 spiro atoms. The van der Waals surface area contributed by atoms with Gasteiger partial charge >= 0.3 is 0 Å². The Balaban J connectivity index is 1.71. The highest BCUT2D eigenvalue weighted by atomic mass is 16.3. The monoisotopic (exact) mass is 281 g/mol. The molecule has 1 aliphatic carbocycles. The van der Waals surface area contributed by atoms with Crippen molar-refractivity contribution in [2.45, 2.75) is 32.1 Å². The fraction of sp³-hybridized carbons (Fsp3) is 0.278. The van der Waals surface area contributed by atoms with Crippen molar-refractivity contribution in [2.75, 3.05) is 5.32 Å². The van der Waals surface area contributed by atoms with Gasteiger partial charge in [0.25, 0.3) is 0 Å². The molecule has 0 heterocycles. The standard InChI is InChI=1S/C18H19NO2/c20-15-10-8-13(9-11-15)12-18(21)19-17-7-3-5-14-4-1-2-6-16(14)17/h3,5,7-11,20H,1-2,4,6,12H2,(H,19,21). The third-order valence-corrected chi connectivity index (χ3v) is 3.97. The Morgan fingerprint density at radius 1 is 1.05 bits per heavy atom. The number of hydrogen-bond acceptors (Lipinski definition) is 2. The lowest BCUT2D eigenvalue weighted by molar-refractivity contribution is -0.115. The Kier molecular flexibility index (Phi) is 3.91. The molecule has 0 aliphatic heterocycles. The summed E-state index contributed by atoms with van der Waals surface area (Å²) >= 11 is 0. The maximum atomic E-state index is 12.2. The largest absolute Gasteiger partial charge is 0.508 e. The first-order valence-corrected chi connectivity index (χ1v) is 7.41. The van der Waals surface area contributed by atoms with Gasteiger partial charge in [0.1, 0.15) is 5.75 Å². The summed E-state index contributed by atoms with van der Waals surface area (Å²) in [4.78, 5) is 12.2. The van der Waals surface area contributed by atoms with Crippen LogP contribution < -0.4 is 5.32 Å². The molecule has 0 fully saturated rings. The molecule has 2 aromatic rings. The van der Waals surface area contributed by atoms with Gasteiger partial charge in [-0.15, -0.1) is 0 Å². The Bertz CT molecular complexity index is 647. The number of rotatable bonds is 3. The van der Waals surface area contributed by atoms with Crippen molar-refractivity contribution in [2.24, 2.45) is 0 Å². The SMILES string of the molecule is O=C(Cc1ccc(O)cc1)Nc1cccc2c1CCCC2. The van der Waals surface area contributed by atoms with Crippen LogP contribution in [0.25, 0.3) is 0 Å². The van der Waals surface area contributed by atoms with E-state index in [0.29, 0.717) is 6.42 Å². The van der Waals surface area contributed by atoms with Gasteiger partial charge in [-0.1, -0.05) is 24.3 Å². The number of hydrogen-bond donors (Lipinski definition) is 2. The topological polar surface area (TPSA) is 49.3 Å². The maximum absolute atomic E-state index is 12.2. The van der Waals surface area contributed by atoms with E-state index in [9.17, 15) is 9.90 Å². The molecule has 2 N–H and O–H groups in total. The average Bonchev–Trinajstić information content (AvgIpc) is 2.50. The normalized spacial score (nSPS) is 13.5. The molecule has 0 radical (unpaired) electrons. The summed E-state index contributed by atoms with van der Waals surface area (Å²) in [6.45, 7) is 0. The van der Waals surface area contributed by atoms with Gasteiger partial charge < -0.3 is 10.4 Å². The van der Waals surface area contributed by atoms with E-state index < -0.39 is 0 Å². The smallest absolute Gasteiger partial charge is 0.228 e. The van der Waals surface area contributed by atoms with Crippen LogP contribution in [0.5, 0.6) is 5.75 Å². The summed E-state index contributed by atoms with van der Waals surface area (Å²) in [7, 11) is 0. The molecular weight excluding hydrogens is 262 g/mol. The number of carbonyl (C=O) groups excluding carboxylic acids is 1. The van der Waals surface area contributed by atoms with Gasteiger partial charge in [-0.2, -0.15) is 0 Å². The molecule has 0 saturated carbocycles. The summed E-state index contributed by atoms with van der Waals surface area (Å²) in [5.74, 6) is 0.205. The predicted octanol–water partition coefficient (Wildman–Crippen LogP) is 3.45. The van der Waals surface area contributed by atoms with Crippen molar-refractivity contribution >= 4 is 11.6 Å². The van der Waals surface area contributed by atoms with Gasteiger partial charge in [0.05, 0.1) is 6.42 Å². The summed E-state index contributed by atoms with van der Waals surface area (Å²) in [6, 6.07) is 12.9. The second-order valence-electron chi connectivity index (χ2n) is 5.54. The number of phenolic OH excluding ortho intramolecular Hbond substituents is 1. The zero-order chi connectivity index (χ0) is 14.7. The van der Waals surface area contributed by atoms with E-state index in [2.05, 4.69) is 11.4 Å². The number of aryl methyl sites for hydroxylation is 1. The van der Waals surface area contributed by atoms with E-state index in [1.54, 1.807) is 24.3 Å². The van der Waals surface area contributed by atoms with Gasteiger partial charge in [-0.05, 0) is 60.6 Å². The zero-order valence-corrected chi connectivity index (χ0v) is 11.9. The Morgan fingerprint density at radius 3 is 2.62 bits per heavy atom. The summed E-state index contributed by atoms with van der Waals surface area (Å²) < 4.78 is 0. The molecule has 0 atom stereocenters. The van der Waals surface area contributed by atoms with E-state index in [-0.39, 0.29) is 11.7 Å². The van der Waals surface area contributed by atoms with Crippen LogP contribution in [0.2, 0.25) is 0 Å². The van der Waals surface area contributed by atoms with Crippen LogP contribution in [0, 0.1) is 0 Å². The van der Waals surface area contributed by atoms with E-state index in [0.717, 1.165) is 24.1 Å². The molecule has 2 aromatic carbocycles. The predicted molar refractivity (Wildman–Crippen MR) is 83.5 cm³/mol. The minimum absolute atomic E-state index is 0.0142. The lowest BCUT2D eigenvalue weighted by atomic mass is 9.90. The summed E-state index contributed by atoms with van der Waals surface area (Å²) in [6.07, 6.45) is 4.90. The number of amides is 1. The van der Waals surface area contributed by atoms with Crippen LogP contribution in [-0.2, 0) is 24.1 Å². The first-order chi connectivity index (χ1) is 10.2. The van der Waals surface area contributed by atoms with E-state index >= 15 is 0 Å². The molecule has 0 saturated heterocycles. The molecule has 1 amide bonds. The fourth-order valence-electron chi connectivity index (χ4n) is 2.89. The maximum Gasteiger partial charge on any atom is 0.228 e. The van der Waals surface area contributed by atoms with Gasteiger partial charge in [-0.25, -0.2) is 0 Å². The van der Waals surface area contributed by atoms with Crippen molar-refractivity contribution in [1.82, 2.24) is 0 Å². The minimum atomic E-state index is -0.0142. The number of anilines is 1. The molecule has 1 aliphatic rings. The third kappa shape index (κ3) is 3.24. The quantitative estimate of drug-likeness (QED) is 0.905. The summed E-state index contributed by atoms with van der Waals surface area (Å²) in [5.41, 5.74) is 4.51. The van der Waals surface area contributed by atoms with Crippen LogP contribution in [0.4, 0.5) is 5.69 Å². The number of fused-ring (bicyclic) bond motifs is 1. The molecule has 3 rings (SSSR count). The van der Waals surface area contributed by atoms with Crippen molar-refractivity contribution in [3.63, 3.8) is 0 Å². The van der Waals surface area contributed by atoms with Crippen molar-refractivity contribution in [3.05, 3.63) is 59.2 Å². The van der Waals surface area contributed by atoms with Crippen LogP contribution >= 0.6 is 0 Å². The lowest BCUT2D eigenvalue weighted by Gasteiger charge is -2.19. The highest BCUT2D eigenvalue weighted by Crippen LogP contribution is 2.27.